The number of hydrogen-bond acceptors (Lipinski definition) is 5. The van der Waals surface area contributed by atoms with Crippen LogP contribution >= 0.6 is 11.3 Å². The van der Waals surface area contributed by atoms with Crippen LogP contribution in [-0.4, -0.2) is 26.5 Å². The van der Waals surface area contributed by atoms with E-state index in [1.54, 1.807) is 38.1 Å². The number of hydrogen-bond donors (Lipinski definition) is 2. The van der Waals surface area contributed by atoms with Crippen LogP contribution in [0.15, 0.2) is 48.5 Å². The van der Waals surface area contributed by atoms with Gasteiger partial charge in [0.1, 0.15) is 11.9 Å². The number of nitrogens with zero attached hydrogens (tertiary/aromatic N) is 3. The number of rotatable bonds is 6. The van der Waals surface area contributed by atoms with Crippen LogP contribution in [0.4, 0.5) is 13.9 Å². The van der Waals surface area contributed by atoms with E-state index in [2.05, 4.69) is 20.6 Å². The quantitative estimate of drug-likeness (QED) is 0.478. The Morgan fingerprint density at radius 3 is 2.45 bits per heavy atom. The molecule has 0 saturated carbocycles. The van der Waals surface area contributed by atoms with Gasteiger partial charge in [0.05, 0.1) is 27.3 Å². The Labute approximate surface area is 169 Å². The second-order valence-corrected chi connectivity index (χ2v) is 7.72. The topological polar surface area (TPSA) is 71.8 Å². The van der Waals surface area contributed by atoms with E-state index in [-0.39, 0.29) is 11.7 Å². The van der Waals surface area contributed by atoms with Gasteiger partial charge in [-0.3, -0.25) is 9.36 Å². The summed E-state index contributed by atoms with van der Waals surface area (Å²) in [5.41, 5.74) is 1.65. The molecular formula is C20H19F2N5OS. The number of amides is 1. The first-order valence-corrected chi connectivity index (χ1v) is 9.93. The van der Waals surface area contributed by atoms with Crippen molar-refractivity contribution in [2.24, 2.45) is 0 Å². The molecule has 9 heteroatoms. The Morgan fingerprint density at radius 1 is 1.03 bits per heavy atom. The molecule has 0 bridgehead atoms. The van der Waals surface area contributed by atoms with E-state index in [0.717, 1.165) is 14.8 Å². The van der Waals surface area contributed by atoms with Gasteiger partial charge in [0.25, 0.3) is 0 Å². The number of nitrogens with one attached hydrogen (secondary N) is 2. The summed E-state index contributed by atoms with van der Waals surface area (Å²) in [7, 11) is 0. The van der Waals surface area contributed by atoms with Gasteiger partial charge in [-0.25, -0.2) is 9.97 Å². The molecule has 29 heavy (non-hydrogen) atoms. The molecule has 4 rings (SSSR count). The van der Waals surface area contributed by atoms with Crippen molar-refractivity contribution in [3.63, 3.8) is 0 Å². The number of benzene rings is 2. The zero-order chi connectivity index (χ0) is 20.5. The average Bonchev–Trinajstić information content (AvgIpc) is 3.28. The van der Waals surface area contributed by atoms with E-state index in [1.807, 2.05) is 24.3 Å². The van der Waals surface area contributed by atoms with Gasteiger partial charge in [0.15, 0.2) is 5.13 Å². The summed E-state index contributed by atoms with van der Waals surface area (Å²) in [6.45, 7) is 0.585. The van der Waals surface area contributed by atoms with Gasteiger partial charge in [0.2, 0.25) is 5.91 Å². The molecule has 0 aliphatic rings. The third kappa shape index (κ3) is 3.77. The first-order valence-electron chi connectivity index (χ1n) is 9.11. The van der Waals surface area contributed by atoms with Crippen LogP contribution in [0.5, 0.6) is 0 Å². The third-order valence-electron chi connectivity index (χ3n) is 4.59. The summed E-state index contributed by atoms with van der Waals surface area (Å²) in [6.07, 6.45) is 0. The lowest BCUT2D eigenvalue weighted by Gasteiger charge is -2.19. The number of para-hydroxylation sites is 3. The molecule has 150 valence electrons. The highest BCUT2D eigenvalue weighted by Crippen LogP contribution is 2.27. The highest BCUT2D eigenvalue weighted by Gasteiger charge is 2.24. The maximum atomic E-state index is 13.6. The maximum absolute atomic E-state index is 13.6. The lowest BCUT2D eigenvalue weighted by molar-refractivity contribution is -0.122. The van der Waals surface area contributed by atoms with Crippen LogP contribution < -0.4 is 10.6 Å². The highest BCUT2D eigenvalue weighted by atomic mass is 32.1. The van der Waals surface area contributed by atoms with Gasteiger partial charge in [-0.15, -0.1) is 0 Å². The van der Waals surface area contributed by atoms with E-state index in [4.69, 9.17) is 0 Å². The van der Waals surface area contributed by atoms with Crippen LogP contribution in [0.3, 0.4) is 0 Å². The predicted molar refractivity (Wildman–Crippen MR) is 110 cm³/mol. The number of carbonyl (C=O) groups excluding carboxylic acids is 1. The van der Waals surface area contributed by atoms with Crippen molar-refractivity contribution in [1.82, 2.24) is 19.9 Å². The van der Waals surface area contributed by atoms with Crippen LogP contribution in [0.1, 0.15) is 32.3 Å². The normalized spacial score (nSPS) is 13.7. The number of anilines is 1. The Kier molecular flexibility index (Phi) is 5.14. The smallest absolute Gasteiger partial charge is 0.320 e. The van der Waals surface area contributed by atoms with Gasteiger partial charge in [-0.2, -0.15) is 8.78 Å². The molecule has 0 fully saturated rings. The molecule has 1 amide bonds. The van der Waals surface area contributed by atoms with Crippen molar-refractivity contribution in [3.8, 4) is 0 Å². The summed E-state index contributed by atoms with van der Waals surface area (Å²) >= 11 is 1.45. The molecule has 0 aliphatic carbocycles. The Hall–Kier alpha value is -3.07. The molecule has 2 N–H and O–H groups in total. The largest absolute Gasteiger partial charge is 0.350 e. The number of halogens is 2. The summed E-state index contributed by atoms with van der Waals surface area (Å²) in [6, 6.07) is 13.1. The fourth-order valence-corrected chi connectivity index (χ4v) is 4.11. The van der Waals surface area contributed by atoms with Crippen LogP contribution in [0.2, 0.25) is 0 Å². The molecule has 0 radical (unpaired) electrons. The molecular weight excluding hydrogens is 396 g/mol. The second kappa shape index (κ2) is 7.75. The molecule has 2 atom stereocenters. The number of carbonyl (C=O) groups is 1. The zero-order valence-electron chi connectivity index (χ0n) is 15.8. The lowest BCUT2D eigenvalue weighted by Crippen LogP contribution is -2.39. The van der Waals surface area contributed by atoms with Crippen molar-refractivity contribution < 1.29 is 13.6 Å². The van der Waals surface area contributed by atoms with E-state index >= 15 is 0 Å². The van der Waals surface area contributed by atoms with Crippen molar-refractivity contribution in [3.05, 3.63) is 54.4 Å². The molecule has 0 spiro atoms. The fraction of sp³-hybridized carbons (Fsp3) is 0.250. The molecule has 0 aliphatic heterocycles. The Balaban J connectivity index is 1.50. The standard InChI is InChI=1S/C20H19F2N5OS/c1-11(17-25-13-7-3-5-9-15(13)27(17)19(21)22)23-18(28)12(2)24-20-26-14-8-4-6-10-16(14)29-20/h3-12,19H,1-2H3,(H,23,28)(H,24,26)/t11-,12+/m0/s1. The first kappa shape index (κ1) is 19.3. The minimum atomic E-state index is -2.75. The van der Waals surface area contributed by atoms with E-state index in [1.165, 1.54) is 11.3 Å². The molecule has 0 unspecified atom stereocenters. The average molecular weight is 415 g/mol. The van der Waals surface area contributed by atoms with Crippen molar-refractivity contribution >= 4 is 43.6 Å². The number of imidazole rings is 1. The van der Waals surface area contributed by atoms with E-state index in [0.29, 0.717) is 16.2 Å². The van der Waals surface area contributed by atoms with Gasteiger partial charge in [-0.05, 0) is 38.1 Å². The summed E-state index contributed by atoms with van der Waals surface area (Å²) < 4.78 is 29.1. The number of alkyl halides is 2. The summed E-state index contributed by atoms with van der Waals surface area (Å²) in [5.74, 6) is -0.216. The minimum absolute atomic E-state index is 0.113. The zero-order valence-corrected chi connectivity index (χ0v) is 16.6. The highest BCUT2D eigenvalue weighted by molar-refractivity contribution is 7.22. The van der Waals surface area contributed by atoms with Crippen molar-refractivity contribution in [2.45, 2.75) is 32.5 Å². The molecule has 2 aromatic heterocycles. The van der Waals surface area contributed by atoms with Crippen molar-refractivity contribution in [1.29, 1.82) is 0 Å². The molecule has 2 heterocycles. The molecule has 6 nitrogen and oxygen atoms in total. The van der Waals surface area contributed by atoms with Gasteiger partial charge < -0.3 is 10.6 Å². The maximum Gasteiger partial charge on any atom is 0.320 e. The van der Waals surface area contributed by atoms with Gasteiger partial charge in [0, 0.05) is 0 Å². The fourth-order valence-electron chi connectivity index (χ4n) is 3.16. The third-order valence-corrected chi connectivity index (χ3v) is 5.56. The van der Waals surface area contributed by atoms with Crippen molar-refractivity contribution in [2.75, 3.05) is 5.32 Å². The predicted octanol–water partition coefficient (Wildman–Crippen LogP) is 4.72. The minimum Gasteiger partial charge on any atom is -0.350 e. The van der Waals surface area contributed by atoms with E-state index < -0.39 is 18.6 Å². The Morgan fingerprint density at radius 2 is 1.72 bits per heavy atom. The molecule has 4 aromatic rings. The lowest BCUT2D eigenvalue weighted by atomic mass is 10.2. The van der Waals surface area contributed by atoms with Crippen LogP contribution in [0, 0.1) is 0 Å². The number of thiazole rings is 1. The summed E-state index contributed by atoms with van der Waals surface area (Å²) in [4.78, 5) is 21.4. The SMILES string of the molecule is C[C@H](NC(=O)[C@@H](C)Nc1nc2ccccc2s1)c1nc2ccccc2n1C(F)F. The number of fused-ring (bicyclic) bond motifs is 2. The Bertz CT molecular complexity index is 1140. The summed E-state index contributed by atoms with van der Waals surface area (Å²) in [5, 5.41) is 6.46. The van der Waals surface area contributed by atoms with Gasteiger partial charge in [-0.1, -0.05) is 35.6 Å². The molecule has 0 saturated heterocycles. The molecule has 2 aromatic carbocycles. The monoisotopic (exact) mass is 415 g/mol. The first-order chi connectivity index (χ1) is 13.9. The van der Waals surface area contributed by atoms with E-state index in [9.17, 15) is 13.6 Å². The number of aromatic nitrogens is 3. The van der Waals surface area contributed by atoms with Crippen LogP contribution in [-0.2, 0) is 4.79 Å². The van der Waals surface area contributed by atoms with Gasteiger partial charge >= 0.3 is 6.55 Å². The van der Waals surface area contributed by atoms with Crippen LogP contribution in [0.25, 0.3) is 21.3 Å². The second-order valence-electron chi connectivity index (χ2n) is 6.69.